The summed E-state index contributed by atoms with van der Waals surface area (Å²) in [6, 6.07) is 5.75. The Bertz CT molecular complexity index is 537. The molecule has 1 rings (SSSR count). The lowest BCUT2D eigenvalue weighted by molar-refractivity contribution is -0.147. The number of rotatable bonds is 8. The van der Waals surface area contributed by atoms with E-state index in [1.54, 1.807) is 12.1 Å². The number of carboxylic acids is 2. The van der Waals surface area contributed by atoms with Gasteiger partial charge in [0.2, 0.25) is 5.91 Å². The summed E-state index contributed by atoms with van der Waals surface area (Å²) < 4.78 is 0. The first kappa shape index (κ1) is 17.3. The van der Waals surface area contributed by atoms with Gasteiger partial charge in [0, 0.05) is 17.1 Å². The SMILES string of the molecule is O=C(O)C[C@H](NC(=O)CCSc1ccccc1Cl)C(=O)O. The van der Waals surface area contributed by atoms with Crippen LogP contribution < -0.4 is 5.32 Å². The molecule has 1 aromatic carbocycles. The third-order valence-electron chi connectivity index (χ3n) is 2.44. The van der Waals surface area contributed by atoms with Gasteiger partial charge in [-0.15, -0.1) is 11.8 Å². The Morgan fingerprint density at radius 2 is 1.90 bits per heavy atom. The lowest BCUT2D eigenvalue weighted by Gasteiger charge is -2.12. The van der Waals surface area contributed by atoms with Gasteiger partial charge in [-0.25, -0.2) is 4.79 Å². The zero-order valence-electron chi connectivity index (χ0n) is 10.9. The van der Waals surface area contributed by atoms with Gasteiger partial charge in [0.25, 0.3) is 0 Å². The highest BCUT2D eigenvalue weighted by atomic mass is 35.5. The van der Waals surface area contributed by atoms with E-state index in [1.807, 2.05) is 12.1 Å². The normalized spacial score (nSPS) is 11.7. The van der Waals surface area contributed by atoms with Crippen LogP contribution in [0.5, 0.6) is 0 Å². The van der Waals surface area contributed by atoms with Crippen molar-refractivity contribution in [1.29, 1.82) is 0 Å². The quantitative estimate of drug-likeness (QED) is 0.628. The molecule has 0 aliphatic heterocycles. The molecule has 0 saturated carbocycles. The molecule has 0 aliphatic rings. The summed E-state index contributed by atoms with van der Waals surface area (Å²) in [5, 5.41) is 20.1. The van der Waals surface area contributed by atoms with Gasteiger partial charge in [0.15, 0.2) is 0 Å². The number of amides is 1. The fraction of sp³-hybridized carbons (Fsp3) is 0.308. The summed E-state index contributed by atoms with van der Waals surface area (Å²) in [5.41, 5.74) is 0. The van der Waals surface area contributed by atoms with E-state index in [2.05, 4.69) is 5.32 Å². The molecule has 0 fully saturated rings. The van der Waals surface area contributed by atoms with Gasteiger partial charge in [-0.05, 0) is 12.1 Å². The molecule has 3 N–H and O–H groups in total. The highest BCUT2D eigenvalue weighted by Crippen LogP contribution is 2.26. The number of halogens is 1. The second-order valence-corrected chi connectivity index (χ2v) is 5.63. The molecule has 1 amide bonds. The summed E-state index contributed by atoms with van der Waals surface area (Å²) >= 11 is 7.33. The Kier molecular flexibility index (Phi) is 7.04. The van der Waals surface area contributed by atoms with Gasteiger partial charge in [0.05, 0.1) is 11.4 Å². The van der Waals surface area contributed by atoms with Gasteiger partial charge < -0.3 is 15.5 Å². The first-order valence-electron chi connectivity index (χ1n) is 6.01. The van der Waals surface area contributed by atoms with Crippen LogP contribution in [0.25, 0.3) is 0 Å². The fourth-order valence-corrected chi connectivity index (χ4v) is 2.64. The molecule has 114 valence electrons. The minimum Gasteiger partial charge on any atom is -0.481 e. The molecular weight excluding hydrogens is 318 g/mol. The van der Waals surface area contributed by atoms with Gasteiger partial charge in [-0.2, -0.15) is 0 Å². The van der Waals surface area contributed by atoms with Crippen molar-refractivity contribution in [3.8, 4) is 0 Å². The van der Waals surface area contributed by atoms with E-state index in [0.29, 0.717) is 10.8 Å². The van der Waals surface area contributed by atoms with Crippen LogP contribution in [0.4, 0.5) is 0 Å². The zero-order valence-corrected chi connectivity index (χ0v) is 12.5. The van der Waals surface area contributed by atoms with E-state index >= 15 is 0 Å². The number of thioether (sulfide) groups is 1. The number of hydrogen-bond acceptors (Lipinski definition) is 4. The molecule has 0 saturated heterocycles. The number of hydrogen-bond donors (Lipinski definition) is 3. The van der Waals surface area contributed by atoms with E-state index in [1.165, 1.54) is 11.8 Å². The van der Waals surface area contributed by atoms with Crippen LogP contribution in [0, 0.1) is 0 Å². The number of benzene rings is 1. The molecular formula is C13H14ClNO5S. The van der Waals surface area contributed by atoms with Gasteiger partial charge in [0.1, 0.15) is 6.04 Å². The highest BCUT2D eigenvalue weighted by molar-refractivity contribution is 7.99. The number of aliphatic carboxylic acids is 2. The lowest BCUT2D eigenvalue weighted by Crippen LogP contribution is -2.42. The molecule has 0 radical (unpaired) electrons. The van der Waals surface area contributed by atoms with Crippen LogP contribution in [-0.4, -0.2) is 39.9 Å². The average molecular weight is 332 g/mol. The number of carbonyl (C=O) groups excluding carboxylic acids is 1. The third-order valence-corrected chi connectivity index (χ3v) is 3.95. The summed E-state index contributed by atoms with van der Waals surface area (Å²) in [7, 11) is 0. The van der Waals surface area contributed by atoms with Crippen molar-refractivity contribution in [1.82, 2.24) is 5.32 Å². The monoisotopic (exact) mass is 331 g/mol. The molecule has 6 nitrogen and oxygen atoms in total. The van der Waals surface area contributed by atoms with E-state index in [9.17, 15) is 14.4 Å². The topological polar surface area (TPSA) is 104 Å². The van der Waals surface area contributed by atoms with Crippen LogP contribution >= 0.6 is 23.4 Å². The Labute approximate surface area is 130 Å². The van der Waals surface area contributed by atoms with E-state index in [4.69, 9.17) is 21.8 Å². The molecule has 0 heterocycles. The number of nitrogens with one attached hydrogen (secondary N) is 1. The van der Waals surface area contributed by atoms with Crippen LogP contribution in [0.3, 0.4) is 0 Å². The Balaban J connectivity index is 2.41. The summed E-state index contributed by atoms with van der Waals surface area (Å²) in [4.78, 5) is 33.7. The van der Waals surface area contributed by atoms with Crippen LogP contribution in [0.15, 0.2) is 29.2 Å². The molecule has 0 bridgehead atoms. The first-order chi connectivity index (χ1) is 9.90. The van der Waals surface area contributed by atoms with Crippen molar-refractivity contribution >= 4 is 41.2 Å². The van der Waals surface area contributed by atoms with E-state index in [0.717, 1.165) is 4.90 Å². The van der Waals surface area contributed by atoms with Crippen molar-refractivity contribution in [3.05, 3.63) is 29.3 Å². The maximum atomic E-state index is 11.6. The third kappa shape index (κ3) is 6.50. The van der Waals surface area contributed by atoms with Crippen molar-refractivity contribution in [2.45, 2.75) is 23.8 Å². The summed E-state index contributed by atoms with van der Waals surface area (Å²) in [6.45, 7) is 0. The lowest BCUT2D eigenvalue weighted by atomic mass is 10.2. The number of carboxylic acid groups (broad SMARTS) is 2. The minimum atomic E-state index is -1.42. The molecule has 0 aromatic heterocycles. The molecule has 0 aliphatic carbocycles. The van der Waals surface area contributed by atoms with Crippen molar-refractivity contribution in [2.24, 2.45) is 0 Å². The Morgan fingerprint density at radius 3 is 2.48 bits per heavy atom. The smallest absolute Gasteiger partial charge is 0.326 e. The van der Waals surface area contributed by atoms with Crippen LogP contribution in [0.2, 0.25) is 5.02 Å². The zero-order chi connectivity index (χ0) is 15.8. The Morgan fingerprint density at radius 1 is 1.24 bits per heavy atom. The van der Waals surface area contributed by atoms with E-state index in [-0.39, 0.29) is 6.42 Å². The second-order valence-electron chi connectivity index (χ2n) is 4.09. The van der Waals surface area contributed by atoms with Crippen molar-refractivity contribution < 1.29 is 24.6 Å². The summed E-state index contributed by atoms with van der Waals surface area (Å²) in [5.74, 6) is -2.75. The predicted octanol–water partition coefficient (Wildman–Crippen LogP) is 1.87. The molecule has 8 heteroatoms. The Hall–Kier alpha value is -1.73. The fourth-order valence-electron chi connectivity index (χ4n) is 1.46. The molecule has 0 spiro atoms. The largest absolute Gasteiger partial charge is 0.481 e. The highest BCUT2D eigenvalue weighted by Gasteiger charge is 2.22. The van der Waals surface area contributed by atoms with Crippen molar-refractivity contribution in [2.75, 3.05) is 5.75 Å². The van der Waals surface area contributed by atoms with Gasteiger partial charge >= 0.3 is 11.9 Å². The van der Waals surface area contributed by atoms with Crippen LogP contribution in [-0.2, 0) is 14.4 Å². The number of carbonyl (C=O) groups is 3. The minimum absolute atomic E-state index is 0.0687. The van der Waals surface area contributed by atoms with Gasteiger partial charge in [-0.3, -0.25) is 9.59 Å². The predicted molar refractivity (Wildman–Crippen MR) is 78.6 cm³/mol. The standard InChI is InChI=1S/C13H14ClNO5S/c14-8-3-1-2-4-10(8)21-6-5-11(16)15-9(13(19)20)7-12(17)18/h1-4,9H,5-7H2,(H,15,16)(H,17,18)(H,19,20)/t9-/m0/s1. The van der Waals surface area contributed by atoms with Crippen LogP contribution in [0.1, 0.15) is 12.8 Å². The molecule has 1 atom stereocenters. The molecule has 21 heavy (non-hydrogen) atoms. The van der Waals surface area contributed by atoms with Gasteiger partial charge in [-0.1, -0.05) is 23.7 Å². The van der Waals surface area contributed by atoms with E-state index < -0.39 is 30.3 Å². The average Bonchev–Trinajstić information content (AvgIpc) is 2.39. The molecule has 0 unspecified atom stereocenters. The summed E-state index contributed by atoms with van der Waals surface area (Å²) in [6.07, 6.45) is -0.585. The first-order valence-corrected chi connectivity index (χ1v) is 7.37. The maximum Gasteiger partial charge on any atom is 0.326 e. The second kappa shape index (κ2) is 8.53. The van der Waals surface area contributed by atoms with Crippen molar-refractivity contribution in [3.63, 3.8) is 0 Å². The maximum absolute atomic E-state index is 11.6. The molecule has 1 aromatic rings.